The number of carbonyl (C=O) groups is 1. The highest BCUT2D eigenvalue weighted by atomic mass is 19.1. The lowest BCUT2D eigenvalue weighted by molar-refractivity contribution is -0.133. The number of nitrogens with zero attached hydrogens (tertiary/aromatic N) is 2. The summed E-state index contributed by atoms with van der Waals surface area (Å²) in [6.45, 7) is 0.666. The van der Waals surface area contributed by atoms with E-state index >= 15 is 0 Å². The van der Waals surface area contributed by atoms with E-state index in [4.69, 9.17) is 4.98 Å². The number of aromatic nitrogens is 2. The van der Waals surface area contributed by atoms with Crippen molar-refractivity contribution in [2.24, 2.45) is 5.92 Å². The molecule has 5 nitrogen and oxygen atoms in total. The molecule has 0 saturated heterocycles. The minimum atomic E-state index is -0.506. The molecule has 7 heteroatoms. The molecule has 2 atom stereocenters. The first-order valence-corrected chi connectivity index (χ1v) is 11.4. The molecule has 0 bridgehead atoms. The van der Waals surface area contributed by atoms with Crippen LogP contribution in [-0.2, 0) is 23.2 Å². The van der Waals surface area contributed by atoms with Gasteiger partial charge < -0.3 is 9.88 Å². The number of H-pyrrole nitrogens is 1. The molecule has 1 N–H and O–H groups in total. The number of rotatable bonds is 4. The molecule has 0 unspecified atom stereocenters. The van der Waals surface area contributed by atoms with Crippen LogP contribution in [0.3, 0.4) is 0 Å². The molecular formula is C26H23F2N3O2. The first-order valence-electron chi connectivity index (χ1n) is 11.4. The minimum Gasteiger partial charge on any atom is -0.337 e. The van der Waals surface area contributed by atoms with Crippen LogP contribution >= 0.6 is 0 Å². The van der Waals surface area contributed by atoms with Gasteiger partial charge in [0.15, 0.2) is 0 Å². The average Bonchev–Trinajstić information content (AvgIpc) is 3.75. The summed E-state index contributed by atoms with van der Waals surface area (Å²) in [6, 6.07) is 13.5. The lowest BCUT2D eigenvalue weighted by Gasteiger charge is -2.29. The molecule has 2 aliphatic carbocycles. The zero-order valence-electron chi connectivity index (χ0n) is 18.0. The Bertz CT molecular complexity index is 1320. The lowest BCUT2D eigenvalue weighted by Crippen LogP contribution is -2.41. The number of aromatic amines is 1. The molecule has 1 amide bonds. The summed E-state index contributed by atoms with van der Waals surface area (Å²) in [6.07, 6.45) is 2.90. The Kier molecular flexibility index (Phi) is 4.50. The van der Waals surface area contributed by atoms with Gasteiger partial charge in [0.1, 0.15) is 17.5 Å². The molecule has 0 spiro atoms. The fourth-order valence-electron chi connectivity index (χ4n) is 5.23. The highest BCUT2D eigenvalue weighted by Crippen LogP contribution is 2.52. The number of benzene rings is 2. The van der Waals surface area contributed by atoms with E-state index in [2.05, 4.69) is 17.1 Å². The maximum atomic E-state index is 14.1. The number of hydrogen-bond acceptors (Lipinski definition) is 3. The van der Waals surface area contributed by atoms with Crippen LogP contribution in [0.25, 0.3) is 0 Å². The third-order valence-electron chi connectivity index (χ3n) is 7.38. The largest absolute Gasteiger partial charge is 0.337 e. The summed E-state index contributed by atoms with van der Waals surface area (Å²) >= 11 is 0. The molecule has 2 aromatic carbocycles. The van der Waals surface area contributed by atoms with Gasteiger partial charge in [0.2, 0.25) is 5.91 Å². The first-order chi connectivity index (χ1) is 16.0. The van der Waals surface area contributed by atoms with E-state index in [-0.39, 0.29) is 40.8 Å². The SMILES string of the molecule is O=C([C@@H]1C[C@H]1c1cc(F)ccc1F)N1CCc2nc(C3(c4ccccc4)CC3)[nH]c(=O)c2C1. The van der Waals surface area contributed by atoms with Crippen molar-refractivity contribution < 1.29 is 13.6 Å². The van der Waals surface area contributed by atoms with Crippen LogP contribution < -0.4 is 5.56 Å². The summed E-state index contributed by atoms with van der Waals surface area (Å²) in [4.78, 5) is 35.5. The second-order valence-corrected chi connectivity index (χ2v) is 9.41. The number of nitrogens with one attached hydrogen (secondary N) is 1. The molecule has 2 heterocycles. The Labute approximate surface area is 189 Å². The predicted octanol–water partition coefficient (Wildman–Crippen LogP) is 3.82. The van der Waals surface area contributed by atoms with E-state index < -0.39 is 11.6 Å². The first kappa shape index (κ1) is 20.3. The van der Waals surface area contributed by atoms with Crippen molar-refractivity contribution in [2.75, 3.05) is 6.54 Å². The van der Waals surface area contributed by atoms with Gasteiger partial charge in [0.25, 0.3) is 5.56 Å². The Hall–Kier alpha value is -3.35. The number of fused-ring (bicyclic) bond motifs is 1. The monoisotopic (exact) mass is 447 g/mol. The van der Waals surface area contributed by atoms with Gasteiger partial charge in [-0.05, 0) is 54.5 Å². The Balaban J connectivity index is 1.22. The number of halogens is 2. The maximum absolute atomic E-state index is 14.1. The normalized spacial score (nSPS) is 22.5. The average molecular weight is 447 g/mol. The molecule has 0 radical (unpaired) electrons. The van der Waals surface area contributed by atoms with E-state index in [1.54, 1.807) is 4.90 Å². The van der Waals surface area contributed by atoms with Crippen LogP contribution in [0.15, 0.2) is 53.3 Å². The topological polar surface area (TPSA) is 66.1 Å². The predicted molar refractivity (Wildman–Crippen MR) is 118 cm³/mol. The van der Waals surface area contributed by atoms with Crippen molar-refractivity contribution in [1.82, 2.24) is 14.9 Å². The van der Waals surface area contributed by atoms with Gasteiger partial charge in [-0.3, -0.25) is 9.59 Å². The molecule has 33 heavy (non-hydrogen) atoms. The Morgan fingerprint density at radius 3 is 2.67 bits per heavy atom. The Morgan fingerprint density at radius 1 is 1.12 bits per heavy atom. The second-order valence-electron chi connectivity index (χ2n) is 9.41. The van der Waals surface area contributed by atoms with Crippen LogP contribution in [0.5, 0.6) is 0 Å². The summed E-state index contributed by atoms with van der Waals surface area (Å²) in [5.41, 5.74) is 2.27. The van der Waals surface area contributed by atoms with Crippen molar-refractivity contribution in [1.29, 1.82) is 0 Å². The molecule has 1 aliphatic heterocycles. The van der Waals surface area contributed by atoms with Crippen molar-refractivity contribution >= 4 is 5.91 Å². The van der Waals surface area contributed by atoms with Crippen molar-refractivity contribution in [3.05, 3.63) is 98.7 Å². The van der Waals surface area contributed by atoms with Crippen molar-refractivity contribution in [3.63, 3.8) is 0 Å². The molecule has 1 aromatic heterocycles. The van der Waals surface area contributed by atoms with Crippen LogP contribution in [-0.4, -0.2) is 27.3 Å². The molecule has 3 aliphatic rings. The van der Waals surface area contributed by atoms with Gasteiger partial charge >= 0.3 is 0 Å². The second kappa shape index (κ2) is 7.33. The van der Waals surface area contributed by atoms with Crippen LogP contribution in [0.2, 0.25) is 0 Å². The van der Waals surface area contributed by atoms with E-state index in [0.29, 0.717) is 30.8 Å². The lowest BCUT2D eigenvalue weighted by atomic mass is 9.94. The maximum Gasteiger partial charge on any atom is 0.256 e. The van der Waals surface area contributed by atoms with Gasteiger partial charge in [0, 0.05) is 18.9 Å². The Morgan fingerprint density at radius 2 is 1.91 bits per heavy atom. The van der Waals surface area contributed by atoms with E-state index in [1.807, 2.05) is 18.2 Å². The molecule has 168 valence electrons. The van der Waals surface area contributed by atoms with Crippen molar-refractivity contribution in [3.8, 4) is 0 Å². The van der Waals surface area contributed by atoms with Crippen LogP contribution in [0.4, 0.5) is 8.78 Å². The fraction of sp³-hybridized carbons (Fsp3) is 0.346. The van der Waals surface area contributed by atoms with E-state index in [1.165, 1.54) is 6.07 Å². The summed E-state index contributed by atoms with van der Waals surface area (Å²) in [7, 11) is 0. The molecule has 2 saturated carbocycles. The summed E-state index contributed by atoms with van der Waals surface area (Å²) in [5.74, 6) is -1.08. The standard InChI is InChI=1S/C26H23F2N3O2/c27-16-6-7-21(28)18(12-16)17-13-19(17)24(33)31-11-8-22-20(14-31)23(32)30-25(29-22)26(9-10-26)15-4-2-1-3-5-15/h1-7,12,17,19H,8-11,13-14H2,(H,29,30,32)/t17-,19+/m0/s1. The highest BCUT2D eigenvalue weighted by molar-refractivity contribution is 5.83. The van der Waals surface area contributed by atoms with Gasteiger partial charge in [0.05, 0.1) is 23.2 Å². The van der Waals surface area contributed by atoms with Gasteiger partial charge in [-0.2, -0.15) is 0 Å². The van der Waals surface area contributed by atoms with Crippen LogP contribution in [0.1, 0.15) is 53.4 Å². The summed E-state index contributed by atoms with van der Waals surface area (Å²) in [5, 5.41) is 0. The molecule has 3 aromatic rings. The molecule has 6 rings (SSSR count). The third-order valence-corrected chi connectivity index (χ3v) is 7.38. The smallest absolute Gasteiger partial charge is 0.256 e. The minimum absolute atomic E-state index is 0.110. The van der Waals surface area contributed by atoms with E-state index in [0.717, 1.165) is 36.2 Å². The quantitative estimate of drug-likeness (QED) is 0.661. The van der Waals surface area contributed by atoms with Crippen molar-refractivity contribution in [2.45, 2.75) is 43.6 Å². The number of amides is 1. The molecular weight excluding hydrogens is 424 g/mol. The summed E-state index contributed by atoms with van der Waals surface area (Å²) < 4.78 is 27.7. The highest BCUT2D eigenvalue weighted by Gasteiger charge is 2.50. The van der Waals surface area contributed by atoms with Gasteiger partial charge in [-0.1, -0.05) is 30.3 Å². The van der Waals surface area contributed by atoms with Crippen LogP contribution in [0, 0.1) is 17.6 Å². The fourth-order valence-corrected chi connectivity index (χ4v) is 5.23. The van der Waals surface area contributed by atoms with Gasteiger partial charge in [-0.25, -0.2) is 13.8 Å². The van der Waals surface area contributed by atoms with E-state index in [9.17, 15) is 18.4 Å². The number of hydrogen-bond donors (Lipinski definition) is 1. The number of carbonyl (C=O) groups excluding carboxylic acids is 1. The zero-order chi connectivity index (χ0) is 22.7. The van der Waals surface area contributed by atoms with Gasteiger partial charge in [-0.15, -0.1) is 0 Å². The third kappa shape index (κ3) is 3.37. The molecule has 2 fully saturated rings. The zero-order valence-corrected chi connectivity index (χ0v) is 18.0.